The third kappa shape index (κ3) is 3.04. The van der Waals surface area contributed by atoms with Crippen molar-refractivity contribution in [2.24, 2.45) is 5.10 Å². The molecule has 1 atom stereocenters. The van der Waals surface area contributed by atoms with Crippen LogP contribution in [0.5, 0.6) is 0 Å². The molecule has 4 nitrogen and oxygen atoms in total. The predicted molar refractivity (Wildman–Crippen MR) is 100 cm³/mol. The van der Waals surface area contributed by atoms with Crippen LogP contribution in [0.15, 0.2) is 82.1 Å². The first kappa shape index (κ1) is 16.9. The molecular weight excluding hydrogens is 371 g/mol. The monoisotopic (exact) mass is 386 g/mol. The van der Waals surface area contributed by atoms with Crippen molar-refractivity contribution in [3.05, 3.63) is 88.4 Å². The van der Waals surface area contributed by atoms with E-state index in [0.717, 1.165) is 10.4 Å². The van der Waals surface area contributed by atoms with Crippen LogP contribution in [0, 0.1) is 5.82 Å². The minimum absolute atomic E-state index is 0.200. The molecule has 1 aliphatic rings. The molecular formula is C19H15FN2O2S2. The first-order valence-corrected chi connectivity index (χ1v) is 10.3. The fraction of sp³-hybridized carbons (Fsp3) is 0.105. The summed E-state index contributed by atoms with van der Waals surface area (Å²) in [6, 6.07) is 17.6. The first-order chi connectivity index (χ1) is 12.6. The molecule has 132 valence electrons. The number of benzene rings is 2. The summed E-state index contributed by atoms with van der Waals surface area (Å²) in [5, 5.41) is 6.33. The van der Waals surface area contributed by atoms with Crippen LogP contribution in [0.4, 0.5) is 4.39 Å². The first-order valence-electron chi connectivity index (χ1n) is 8.02. The summed E-state index contributed by atoms with van der Waals surface area (Å²) in [6.07, 6.45) is 0.443. The van der Waals surface area contributed by atoms with Crippen LogP contribution in [0.2, 0.25) is 0 Å². The Hall–Kier alpha value is -2.51. The number of hydrogen-bond donors (Lipinski definition) is 0. The summed E-state index contributed by atoms with van der Waals surface area (Å²) >= 11 is 1.50. The van der Waals surface area contributed by atoms with Crippen molar-refractivity contribution in [1.29, 1.82) is 0 Å². The Bertz CT molecular complexity index is 1030. The van der Waals surface area contributed by atoms with Crippen molar-refractivity contribution < 1.29 is 12.8 Å². The van der Waals surface area contributed by atoms with Gasteiger partial charge in [0.25, 0.3) is 10.0 Å². The van der Waals surface area contributed by atoms with Crippen molar-refractivity contribution in [3.8, 4) is 0 Å². The molecule has 0 spiro atoms. The van der Waals surface area contributed by atoms with Gasteiger partial charge in [0.05, 0.1) is 10.6 Å². The van der Waals surface area contributed by atoms with Gasteiger partial charge >= 0.3 is 0 Å². The summed E-state index contributed by atoms with van der Waals surface area (Å²) < 4.78 is 40.7. The van der Waals surface area contributed by atoms with E-state index in [0.29, 0.717) is 12.1 Å². The molecule has 0 saturated heterocycles. The Kier molecular flexibility index (Phi) is 4.34. The third-order valence-corrected chi connectivity index (χ3v) is 6.88. The third-order valence-electron chi connectivity index (χ3n) is 4.21. The van der Waals surface area contributed by atoms with Crippen LogP contribution in [0.3, 0.4) is 0 Å². The Morgan fingerprint density at radius 1 is 1.00 bits per heavy atom. The maximum absolute atomic E-state index is 13.2. The van der Waals surface area contributed by atoms with Crippen molar-refractivity contribution >= 4 is 27.1 Å². The highest BCUT2D eigenvalue weighted by Crippen LogP contribution is 2.38. The lowest BCUT2D eigenvalue weighted by Gasteiger charge is -2.22. The van der Waals surface area contributed by atoms with Gasteiger partial charge in [-0.05, 0) is 41.3 Å². The van der Waals surface area contributed by atoms with Crippen molar-refractivity contribution in [2.75, 3.05) is 0 Å². The molecule has 0 amide bonds. The van der Waals surface area contributed by atoms with Gasteiger partial charge in [-0.2, -0.15) is 17.9 Å². The summed E-state index contributed by atoms with van der Waals surface area (Å²) in [7, 11) is -3.78. The zero-order valence-electron chi connectivity index (χ0n) is 13.6. The number of thiophene rings is 1. The molecule has 0 radical (unpaired) electrons. The SMILES string of the molecule is O=S(=O)(c1ccccc1)N1N=C(c2ccc(F)cc2)C[C@@H]1c1cccs1. The van der Waals surface area contributed by atoms with Gasteiger partial charge in [0.15, 0.2) is 0 Å². The topological polar surface area (TPSA) is 49.7 Å². The number of sulfonamides is 1. The average Bonchev–Trinajstić information content (AvgIpc) is 3.33. The van der Waals surface area contributed by atoms with Gasteiger partial charge in [0.2, 0.25) is 0 Å². The molecule has 0 bridgehead atoms. The van der Waals surface area contributed by atoms with Crippen LogP contribution in [0.1, 0.15) is 22.9 Å². The molecule has 0 fully saturated rings. The highest BCUT2D eigenvalue weighted by Gasteiger charge is 2.38. The summed E-state index contributed by atoms with van der Waals surface area (Å²) in [6.45, 7) is 0. The Morgan fingerprint density at radius 3 is 2.38 bits per heavy atom. The molecule has 4 rings (SSSR count). The van der Waals surface area contributed by atoms with E-state index in [1.807, 2.05) is 17.5 Å². The van der Waals surface area contributed by atoms with E-state index in [1.54, 1.807) is 42.5 Å². The van der Waals surface area contributed by atoms with Crippen LogP contribution < -0.4 is 0 Å². The smallest absolute Gasteiger partial charge is 0.207 e. The maximum atomic E-state index is 13.2. The van der Waals surface area contributed by atoms with E-state index in [9.17, 15) is 12.8 Å². The molecule has 2 aromatic carbocycles. The van der Waals surface area contributed by atoms with Gasteiger partial charge < -0.3 is 0 Å². The normalized spacial score (nSPS) is 17.3. The van der Waals surface area contributed by atoms with Gasteiger partial charge in [-0.3, -0.25) is 0 Å². The second-order valence-electron chi connectivity index (χ2n) is 5.88. The van der Waals surface area contributed by atoms with E-state index >= 15 is 0 Å². The average molecular weight is 386 g/mol. The number of nitrogens with zero attached hydrogens (tertiary/aromatic N) is 2. The quantitative estimate of drug-likeness (QED) is 0.666. The van der Waals surface area contributed by atoms with E-state index in [-0.39, 0.29) is 10.7 Å². The molecule has 2 heterocycles. The molecule has 26 heavy (non-hydrogen) atoms. The molecule has 0 unspecified atom stereocenters. The Labute approximate surface area is 155 Å². The highest BCUT2D eigenvalue weighted by atomic mass is 32.2. The van der Waals surface area contributed by atoms with Gasteiger partial charge in [0, 0.05) is 11.3 Å². The lowest BCUT2D eigenvalue weighted by atomic mass is 10.0. The Morgan fingerprint density at radius 2 is 1.73 bits per heavy atom. The molecule has 3 aromatic rings. The van der Waals surface area contributed by atoms with Crippen LogP contribution in [0.25, 0.3) is 0 Å². The molecule has 0 saturated carbocycles. The summed E-state index contributed by atoms with van der Waals surface area (Å²) in [5.41, 5.74) is 1.35. The number of hydrazone groups is 1. The van der Waals surface area contributed by atoms with Crippen LogP contribution in [-0.2, 0) is 10.0 Å². The second-order valence-corrected chi connectivity index (χ2v) is 8.65. The van der Waals surface area contributed by atoms with Crippen LogP contribution >= 0.6 is 11.3 Å². The van der Waals surface area contributed by atoms with Gasteiger partial charge in [-0.1, -0.05) is 36.4 Å². The highest BCUT2D eigenvalue weighted by molar-refractivity contribution is 7.89. The van der Waals surface area contributed by atoms with Crippen molar-refractivity contribution in [1.82, 2.24) is 4.41 Å². The fourth-order valence-corrected chi connectivity index (χ4v) is 5.25. The van der Waals surface area contributed by atoms with Gasteiger partial charge in [0.1, 0.15) is 11.9 Å². The Balaban J connectivity index is 1.78. The lowest BCUT2D eigenvalue weighted by Crippen LogP contribution is -2.26. The van der Waals surface area contributed by atoms with Gasteiger partial charge in [-0.15, -0.1) is 11.3 Å². The molecule has 1 aromatic heterocycles. The van der Waals surface area contributed by atoms with Crippen LogP contribution in [-0.4, -0.2) is 18.5 Å². The fourth-order valence-electron chi connectivity index (χ4n) is 2.92. The number of hydrogen-bond acceptors (Lipinski definition) is 4. The van der Waals surface area contributed by atoms with E-state index in [2.05, 4.69) is 5.10 Å². The van der Waals surface area contributed by atoms with Crippen molar-refractivity contribution in [2.45, 2.75) is 17.4 Å². The molecule has 7 heteroatoms. The largest absolute Gasteiger partial charge is 0.279 e. The van der Waals surface area contributed by atoms with Crippen molar-refractivity contribution in [3.63, 3.8) is 0 Å². The van der Waals surface area contributed by atoms with E-state index in [4.69, 9.17) is 0 Å². The summed E-state index contributed by atoms with van der Waals surface area (Å²) in [5.74, 6) is -0.337. The van der Waals surface area contributed by atoms with Gasteiger partial charge in [-0.25, -0.2) is 4.39 Å². The number of halogens is 1. The maximum Gasteiger partial charge on any atom is 0.279 e. The minimum Gasteiger partial charge on any atom is -0.207 e. The standard InChI is InChI=1S/C19H15FN2O2S2/c20-15-10-8-14(9-11-15)17-13-18(19-7-4-12-25-19)22(21-17)26(23,24)16-5-2-1-3-6-16/h1-12,18H,13H2/t18-/m1/s1. The molecule has 1 aliphatic heterocycles. The van der Waals surface area contributed by atoms with E-state index in [1.165, 1.54) is 27.9 Å². The lowest BCUT2D eigenvalue weighted by molar-refractivity contribution is 0.375. The predicted octanol–water partition coefficient (Wildman–Crippen LogP) is 4.43. The molecule has 0 N–H and O–H groups in total. The van der Waals surface area contributed by atoms with E-state index < -0.39 is 16.1 Å². The second kappa shape index (κ2) is 6.66. The zero-order valence-corrected chi connectivity index (χ0v) is 15.3. The minimum atomic E-state index is -3.78. The number of rotatable bonds is 4. The molecule has 0 aliphatic carbocycles. The summed E-state index contributed by atoms with van der Waals surface area (Å²) in [4.78, 5) is 1.12. The zero-order chi connectivity index (χ0) is 18.1.